The summed E-state index contributed by atoms with van der Waals surface area (Å²) in [5.41, 5.74) is 1.88. The molecule has 0 unspecified atom stereocenters. The Bertz CT molecular complexity index is 385. The van der Waals surface area contributed by atoms with Crippen molar-refractivity contribution in [2.45, 2.75) is 26.2 Å². The molecule has 0 saturated carbocycles. The Balaban J connectivity index is 2.84. The second kappa shape index (κ2) is 5.39. The van der Waals surface area contributed by atoms with Crippen LogP contribution in [0.1, 0.15) is 24.0 Å². The van der Waals surface area contributed by atoms with Gasteiger partial charge >= 0.3 is 5.97 Å². The van der Waals surface area contributed by atoms with E-state index in [0.717, 1.165) is 11.1 Å². The highest BCUT2D eigenvalue weighted by Gasteiger charge is 2.11. The summed E-state index contributed by atoms with van der Waals surface area (Å²) < 4.78 is 5.12. The fraction of sp³-hybridized carbons (Fsp3) is 0.417. The van der Waals surface area contributed by atoms with Gasteiger partial charge in [-0.25, -0.2) is 0 Å². The molecule has 1 aromatic carbocycles. The Morgan fingerprint density at radius 1 is 1.44 bits per heavy atom. The zero-order chi connectivity index (χ0) is 12.1. The number of benzene rings is 1. The van der Waals surface area contributed by atoms with Gasteiger partial charge in [0.25, 0.3) is 0 Å². The SMILES string of the molecule is COc1c(O)ccc(C)c1CCCC(=O)O. The van der Waals surface area contributed by atoms with Gasteiger partial charge in [-0.05, 0) is 31.4 Å². The minimum atomic E-state index is -0.809. The molecule has 1 rings (SSSR count). The van der Waals surface area contributed by atoms with Crippen LogP contribution in [0.2, 0.25) is 0 Å². The normalized spacial score (nSPS) is 10.1. The van der Waals surface area contributed by atoms with Gasteiger partial charge in [0.15, 0.2) is 11.5 Å². The first kappa shape index (κ1) is 12.4. The molecular formula is C12H16O4. The van der Waals surface area contributed by atoms with Crippen molar-refractivity contribution in [3.05, 3.63) is 23.3 Å². The van der Waals surface area contributed by atoms with Crippen LogP contribution < -0.4 is 4.74 Å². The van der Waals surface area contributed by atoms with E-state index < -0.39 is 5.97 Å². The summed E-state index contributed by atoms with van der Waals surface area (Å²) in [6.07, 6.45) is 1.25. The Hall–Kier alpha value is -1.71. The number of ether oxygens (including phenoxy) is 1. The van der Waals surface area contributed by atoms with E-state index in [0.29, 0.717) is 18.6 Å². The number of rotatable bonds is 5. The number of aromatic hydroxyl groups is 1. The largest absolute Gasteiger partial charge is 0.504 e. The fourth-order valence-corrected chi connectivity index (χ4v) is 1.67. The molecule has 0 aliphatic heterocycles. The van der Waals surface area contributed by atoms with Crippen molar-refractivity contribution in [2.24, 2.45) is 0 Å². The van der Waals surface area contributed by atoms with Crippen LogP contribution in [-0.4, -0.2) is 23.3 Å². The second-order valence-corrected chi connectivity index (χ2v) is 3.66. The van der Waals surface area contributed by atoms with Crippen molar-refractivity contribution in [3.8, 4) is 11.5 Å². The molecule has 0 heterocycles. The zero-order valence-corrected chi connectivity index (χ0v) is 9.49. The topological polar surface area (TPSA) is 66.8 Å². The monoisotopic (exact) mass is 224 g/mol. The van der Waals surface area contributed by atoms with E-state index in [1.807, 2.05) is 6.92 Å². The van der Waals surface area contributed by atoms with Crippen molar-refractivity contribution in [2.75, 3.05) is 7.11 Å². The number of carbonyl (C=O) groups is 1. The van der Waals surface area contributed by atoms with Gasteiger partial charge in [0.1, 0.15) is 0 Å². The van der Waals surface area contributed by atoms with E-state index in [4.69, 9.17) is 9.84 Å². The van der Waals surface area contributed by atoms with E-state index >= 15 is 0 Å². The predicted octanol–water partition coefficient (Wildman–Crippen LogP) is 2.12. The van der Waals surface area contributed by atoms with Gasteiger partial charge in [0, 0.05) is 12.0 Å². The first-order valence-electron chi connectivity index (χ1n) is 5.13. The molecule has 0 fully saturated rings. The lowest BCUT2D eigenvalue weighted by Crippen LogP contribution is -1.99. The Morgan fingerprint density at radius 3 is 2.69 bits per heavy atom. The standard InChI is InChI=1S/C12H16O4/c1-8-6-7-10(13)12(16-2)9(8)4-3-5-11(14)15/h6-7,13H,3-5H2,1-2H3,(H,14,15). The van der Waals surface area contributed by atoms with Crippen molar-refractivity contribution >= 4 is 5.97 Å². The number of aryl methyl sites for hydroxylation is 1. The van der Waals surface area contributed by atoms with Gasteiger partial charge in [0.05, 0.1) is 7.11 Å². The number of phenolic OH excluding ortho intramolecular Hbond substituents is 1. The molecule has 0 aliphatic carbocycles. The van der Waals surface area contributed by atoms with Crippen molar-refractivity contribution in [1.82, 2.24) is 0 Å². The Morgan fingerprint density at radius 2 is 2.12 bits per heavy atom. The lowest BCUT2D eigenvalue weighted by atomic mass is 10.0. The average Bonchev–Trinajstić information content (AvgIpc) is 2.23. The molecule has 0 bridgehead atoms. The second-order valence-electron chi connectivity index (χ2n) is 3.66. The number of carboxylic acids is 1. The minimum absolute atomic E-state index is 0.0958. The molecule has 4 nitrogen and oxygen atoms in total. The van der Waals surface area contributed by atoms with Gasteiger partial charge in [-0.2, -0.15) is 0 Å². The highest BCUT2D eigenvalue weighted by atomic mass is 16.5. The molecule has 0 atom stereocenters. The third-order valence-corrected chi connectivity index (χ3v) is 2.50. The van der Waals surface area contributed by atoms with Crippen LogP contribution in [0.25, 0.3) is 0 Å². The Kier molecular flexibility index (Phi) is 4.17. The van der Waals surface area contributed by atoms with Crippen LogP contribution in [0.4, 0.5) is 0 Å². The maximum Gasteiger partial charge on any atom is 0.303 e. The van der Waals surface area contributed by atoms with Crippen LogP contribution in [0, 0.1) is 6.92 Å². The number of carboxylic acid groups (broad SMARTS) is 1. The molecule has 88 valence electrons. The van der Waals surface area contributed by atoms with E-state index in [9.17, 15) is 9.90 Å². The molecule has 4 heteroatoms. The molecule has 1 aromatic rings. The van der Waals surface area contributed by atoms with Gasteiger partial charge in [-0.3, -0.25) is 4.79 Å². The molecule has 0 spiro atoms. The van der Waals surface area contributed by atoms with E-state index in [1.165, 1.54) is 7.11 Å². The van der Waals surface area contributed by atoms with Crippen molar-refractivity contribution in [1.29, 1.82) is 0 Å². The van der Waals surface area contributed by atoms with Crippen molar-refractivity contribution in [3.63, 3.8) is 0 Å². The Labute approximate surface area is 94.5 Å². The third kappa shape index (κ3) is 2.89. The van der Waals surface area contributed by atoms with Crippen LogP contribution in [0.3, 0.4) is 0 Å². The molecule has 0 aromatic heterocycles. The zero-order valence-electron chi connectivity index (χ0n) is 9.49. The average molecular weight is 224 g/mol. The summed E-state index contributed by atoms with van der Waals surface area (Å²) in [5.74, 6) is -0.263. The first-order valence-corrected chi connectivity index (χ1v) is 5.13. The smallest absolute Gasteiger partial charge is 0.303 e. The number of hydrogen-bond acceptors (Lipinski definition) is 3. The molecule has 16 heavy (non-hydrogen) atoms. The molecule has 2 N–H and O–H groups in total. The minimum Gasteiger partial charge on any atom is -0.504 e. The number of hydrogen-bond donors (Lipinski definition) is 2. The van der Waals surface area contributed by atoms with Crippen LogP contribution in [0.15, 0.2) is 12.1 Å². The first-order chi connectivity index (χ1) is 7.56. The van der Waals surface area contributed by atoms with Gasteiger partial charge in [-0.15, -0.1) is 0 Å². The maximum absolute atomic E-state index is 10.4. The molecule has 0 radical (unpaired) electrons. The van der Waals surface area contributed by atoms with Gasteiger partial charge < -0.3 is 14.9 Å². The summed E-state index contributed by atoms with van der Waals surface area (Å²) in [6.45, 7) is 1.91. The van der Waals surface area contributed by atoms with E-state index in [1.54, 1.807) is 12.1 Å². The van der Waals surface area contributed by atoms with Gasteiger partial charge in [0.2, 0.25) is 0 Å². The number of aliphatic carboxylic acids is 1. The lowest BCUT2D eigenvalue weighted by Gasteiger charge is -2.12. The summed E-state index contributed by atoms with van der Waals surface area (Å²) >= 11 is 0. The maximum atomic E-state index is 10.4. The molecule has 0 aliphatic rings. The van der Waals surface area contributed by atoms with E-state index in [-0.39, 0.29) is 12.2 Å². The van der Waals surface area contributed by atoms with Crippen LogP contribution in [-0.2, 0) is 11.2 Å². The predicted molar refractivity (Wildman–Crippen MR) is 60.0 cm³/mol. The summed E-state index contributed by atoms with van der Waals surface area (Å²) in [7, 11) is 1.50. The summed E-state index contributed by atoms with van der Waals surface area (Å²) in [4.78, 5) is 10.4. The van der Waals surface area contributed by atoms with Crippen LogP contribution in [0.5, 0.6) is 11.5 Å². The number of phenols is 1. The fourth-order valence-electron chi connectivity index (χ4n) is 1.67. The quantitative estimate of drug-likeness (QED) is 0.803. The molecule has 0 amide bonds. The molecule has 0 saturated heterocycles. The number of methoxy groups -OCH3 is 1. The van der Waals surface area contributed by atoms with Crippen molar-refractivity contribution < 1.29 is 19.7 Å². The highest BCUT2D eigenvalue weighted by molar-refractivity contribution is 5.66. The lowest BCUT2D eigenvalue weighted by molar-refractivity contribution is -0.137. The van der Waals surface area contributed by atoms with Crippen LogP contribution >= 0.6 is 0 Å². The highest BCUT2D eigenvalue weighted by Crippen LogP contribution is 2.33. The third-order valence-electron chi connectivity index (χ3n) is 2.50. The summed E-state index contributed by atoms with van der Waals surface area (Å²) in [6, 6.07) is 3.38. The van der Waals surface area contributed by atoms with Gasteiger partial charge in [-0.1, -0.05) is 6.07 Å². The van der Waals surface area contributed by atoms with E-state index in [2.05, 4.69) is 0 Å². The summed E-state index contributed by atoms with van der Waals surface area (Å²) in [5, 5.41) is 18.1. The molecular weight excluding hydrogens is 208 g/mol.